The Morgan fingerprint density at radius 3 is 2.57 bits per heavy atom. The largest absolute Gasteiger partial charge is 0.481 e. The predicted molar refractivity (Wildman–Crippen MR) is 85.4 cm³/mol. The number of hydrogen-bond donors (Lipinski definition) is 1. The van der Waals surface area contributed by atoms with Gasteiger partial charge < -0.3 is 14.7 Å². The highest BCUT2D eigenvalue weighted by Crippen LogP contribution is 2.42. The number of amides is 1. The maximum Gasteiger partial charge on any atom is 0.311 e. The monoisotopic (exact) mass is 317 g/mol. The summed E-state index contributed by atoms with van der Waals surface area (Å²) in [6.07, 6.45) is 0.475. The molecule has 1 amide bonds. The minimum absolute atomic E-state index is 0.0877. The van der Waals surface area contributed by atoms with Gasteiger partial charge in [-0.2, -0.15) is 0 Å². The highest BCUT2D eigenvalue weighted by molar-refractivity contribution is 5.95. The maximum absolute atomic E-state index is 12.7. The van der Waals surface area contributed by atoms with Crippen molar-refractivity contribution in [3.05, 3.63) is 35.4 Å². The third-order valence-electron chi connectivity index (χ3n) is 5.24. The minimum Gasteiger partial charge on any atom is -0.481 e. The molecule has 23 heavy (non-hydrogen) atoms. The molecule has 2 fully saturated rings. The molecule has 2 atom stereocenters. The number of carboxylic acids is 1. The number of carbonyl (C=O) groups excluding carboxylic acids is 1. The normalized spacial score (nSPS) is 27.1. The van der Waals surface area contributed by atoms with Crippen molar-refractivity contribution in [1.29, 1.82) is 0 Å². The van der Waals surface area contributed by atoms with E-state index in [1.165, 1.54) is 5.56 Å². The quantitative estimate of drug-likeness (QED) is 0.929. The van der Waals surface area contributed by atoms with Crippen LogP contribution in [0.25, 0.3) is 0 Å². The van der Waals surface area contributed by atoms with Crippen molar-refractivity contribution in [3.8, 4) is 0 Å². The molecule has 0 unspecified atom stereocenters. The highest BCUT2D eigenvalue weighted by Gasteiger charge is 2.54. The van der Waals surface area contributed by atoms with E-state index in [0.717, 1.165) is 0 Å². The van der Waals surface area contributed by atoms with Crippen LogP contribution in [0.5, 0.6) is 0 Å². The van der Waals surface area contributed by atoms with E-state index in [2.05, 4.69) is 13.8 Å². The number of carboxylic acid groups (broad SMARTS) is 1. The summed E-state index contributed by atoms with van der Waals surface area (Å²) in [5, 5.41) is 9.67. The lowest BCUT2D eigenvalue weighted by molar-refractivity contribution is -0.157. The van der Waals surface area contributed by atoms with Gasteiger partial charge >= 0.3 is 5.97 Å². The van der Waals surface area contributed by atoms with Crippen molar-refractivity contribution in [2.75, 3.05) is 26.3 Å². The molecule has 0 aliphatic carbocycles. The zero-order chi connectivity index (χ0) is 16.6. The van der Waals surface area contributed by atoms with Gasteiger partial charge in [0, 0.05) is 31.2 Å². The molecule has 1 N–H and O–H groups in total. The van der Waals surface area contributed by atoms with Crippen molar-refractivity contribution >= 4 is 11.9 Å². The lowest BCUT2D eigenvalue weighted by atomic mass is 9.74. The summed E-state index contributed by atoms with van der Waals surface area (Å²) in [6.45, 7) is 5.83. The second kappa shape index (κ2) is 5.96. The Bertz CT molecular complexity index is 610. The fourth-order valence-electron chi connectivity index (χ4n) is 3.65. The number of carbonyl (C=O) groups is 2. The Labute approximate surface area is 136 Å². The van der Waals surface area contributed by atoms with Gasteiger partial charge in [0.15, 0.2) is 0 Å². The molecule has 0 radical (unpaired) electrons. The van der Waals surface area contributed by atoms with E-state index in [0.29, 0.717) is 37.7 Å². The van der Waals surface area contributed by atoms with Crippen LogP contribution < -0.4 is 0 Å². The number of likely N-dealkylation sites (tertiary alicyclic amines) is 1. The van der Waals surface area contributed by atoms with Crippen LogP contribution in [-0.2, 0) is 9.53 Å². The summed E-state index contributed by atoms with van der Waals surface area (Å²) in [4.78, 5) is 26.2. The third kappa shape index (κ3) is 2.74. The SMILES string of the molecule is CC(C)c1ccc(C(=O)N2C[C@H]3COCC[C@@]3(C(=O)O)C2)cc1. The van der Waals surface area contributed by atoms with Gasteiger partial charge in [-0.3, -0.25) is 9.59 Å². The number of aliphatic carboxylic acids is 1. The lowest BCUT2D eigenvalue weighted by Gasteiger charge is -2.33. The van der Waals surface area contributed by atoms with Crippen molar-refractivity contribution in [1.82, 2.24) is 4.90 Å². The number of nitrogens with zero attached hydrogens (tertiary/aromatic N) is 1. The highest BCUT2D eigenvalue weighted by atomic mass is 16.5. The molecule has 0 bridgehead atoms. The molecule has 2 aliphatic heterocycles. The number of rotatable bonds is 3. The van der Waals surface area contributed by atoms with Crippen LogP contribution in [0, 0.1) is 11.3 Å². The molecule has 2 aliphatic rings. The average Bonchev–Trinajstić information content (AvgIpc) is 2.95. The summed E-state index contributed by atoms with van der Waals surface area (Å²) < 4.78 is 5.43. The predicted octanol–water partition coefficient (Wildman–Crippen LogP) is 2.37. The summed E-state index contributed by atoms with van der Waals surface area (Å²) in [6, 6.07) is 7.61. The van der Waals surface area contributed by atoms with E-state index in [9.17, 15) is 14.7 Å². The van der Waals surface area contributed by atoms with Crippen LogP contribution in [0.15, 0.2) is 24.3 Å². The minimum atomic E-state index is -0.841. The van der Waals surface area contributed by atoms with Gasteiger partial charge in [-0.05, 0) is 30.0 Å². The van der Waals surface area contributed by atoms with E-state index in [4.69, 9.17) is 4.74 Å². The van der Waals surface area contributed by atoms with Gasteiger partial charge in [0.1, 0.15) is 0 Å². The summed E-state index contributed by atoms with van der Waals surface area (Å²) in [7, 11) is 0. The van der Waals surface area contributed by atoms with Crippen LogP contribution in [0.3, 0.4) is 0 Å². The van der Waals surface area contributed by atoms with E-state index < -0.39 is 11.4 Å². The van der Waals surface area contributed by atoms with Crippen LogP contribution in [0.1, 0.15) is 42.1 Å². The smallest absolute Gasteiger partial charge is 0.311 e. The molecule has 5 heteroatoms. The molecule has 0 saturated carbocycles. The van der Waals surface area contributed by atoms with E-state index in [-0.39, 0.29) is 18.4 Å². The van der Waals surface area contributed by atoms with Crippen molar-refractivity contribution in [2.24, 2.45) is 11.3 Å². The number of benzene rings is 1. The molecular weight excluding hydrogens is 294 g/mol. The van der Waals surface area contributed by atoms with Crippen molar-refractivity contribution in [3.63, 3.8) is 0 Å². The molecule has 1 aromatic rings. The van der Waals surface area contributed by atoms with Crippen LogP contribution in [0.4, 0.5) is 0 Å². The van der Waals surface area contributed by atoms with Gasteiger partial charge in [-0.15, -0.1) is 0 Å². The Morgan fingerprint density at radius 2 is 2.00 bits per heavy atom. The molecule has 0 aromatic heterocycles. The first-order valence-corrected chi connectivity index (χ1v) is 8.14. The Hall–Kier alpha value is -1.88. The number of ether oxygens (including phenoxy) is 1. The van der Waals surface area contributed by atoms with Crippen LogP contribution >= 0.6 is 0 Å². The van der Waals surface area contributed by atoms with E-state index in [1.807, 2.05) is 24.3 Å². The molecule has 5 nitrogen and oxygen atoms in total. The maximum atomic E-state index is 12.7. The molecule has 2 heterocycles. The van der Waals surface area contributed by atoms with Gasteiger partial charge in [0.05, 0.1) is 12.0 Å². The van der Waals surface area contributed by atoms with Gasteiger partial charge in [-0.25, -0.2) is 0 Å². The molecule has 0 spiro atoms. The van der Waals surface area contributed by atoms with Crippen molar-refractivity contribution in [2.45, 2.75) is 26.2 Å². The van der Waals surface area contributed by atoms with Gasteiger partial charge in [-0.1, -0.05) is 26.0 Å². The fraction of sp³-hybridized carbons (Fsp3) is 0.556. The molecular formula is C18H23NO4. The first kappa shape index (κ1) is 16.0. The van der Waals surface area contributed by atoms with Crippen LogP contribution in [0.2, 0.25) is 0 Å². The zero-order valence-corrected chi connectivity index (χ0v) is 13.6. The second-order valence-electron chi connectivity index (χ2n) is 6.95. The first-order valence-electron chi connectivity index (χ1n) is 8.14. The summed E-state index contributed by atoms with van der Waals surface area (Å²) in [5.74, 6) is -0.597. The third-order valence-corrected chi connectivity index (χ3v) is 5.24. The fourth-order valence-corrected chi connectivity index (χ4v) is 3.65. The zero-order valence-electron chi connectivity index (χ0n) is 13.6. The standard InChI is InChI=1S/C18H23NO4/c1-12(2)13-3-5-14(6-4-13)16(20)19-9-15-10-23-8-7-18(15,11-19)17(21)22/h3-6,12,15H,7-11H2,1-2H3,(H,21,22)/t15-,18+/m0/s1. The van der Waals surface area contributed by atoms with Gasteiger partial charge in [0.25, 0.3) is 5.91 Å². The molecule has 3 rings (SSSR count). The Morgan fingerprint density at radius 1 is 1.30 bits per heavy atom. The Kier molecular flexibility index (Phi) is 4.15. The summed E-state index contributed by atoms with van der Waals surface area (Å²) in [5.41, 5.74) is 0.966. The number of fused-ring (bicyclic) bond motifs is 1. The number of hydrogen-bond acceptors (Lipinski definition) is 3. The average molecular weight is 317 g/mol. The Balaban J connectivity index is 1.79. The van der Waals surface area contributed by atoms with Crippen LogP contribution in [-0.4, -0.2) is 48.2 Å². The molecule has 1 aromatic carbocycles. The van der Waals surface area contributed by atoms with Gasteiger partial charge in [0.2, 0.25) is 0 Å². The van der Waals surface area contributed by atoms with Crippen molar-refractivity contribution < 1.29 is 19.4 Å². The molecule has 2 saturated heterocycles. The molecule has 124 valence electrons. The summed E-state index contributed by atoms with van der Waals surface area (Å²) >= 11 is 0. The van der Waals surface area contributed by atoms with E-state index in [1.54, 1.807) is 4.90 Å². The topological polar surface area (TPSA) is 66.8 Å². The second-order valence-corrected chi connectivity index (χ2v) is 6.95. The lowest BCUT2D eigenvalue weighted by Crippen LogP contribution is -2.45. The first-order chi connectivity index (χ1) is 10.9. The van der Waals surface area contributed by atoms with E-state index >= 15 is 0 Å².